The zero-order valence-corrected chi connectivity index (χ0v) is 12.4. The molecule has 0 saturated heterocycles. The Morgan fingerprint density at radius 2 is 1.95 bits per heavy atom. The second-order valence-corrected chi connectivity index (χ2v) is 4.93. The second-order valence-electron chi connectivity index (χ2n) is 4.14. The third kappa shape index (κ3) is 2.96. The molecule has 100 valence electrons. The molecule has 0 aliphatic heterocycles. The first kappa shape index (κ1) is 14.0. The largest absolute Gasteiger partial charge is 0.497 e. The summed E-state index contributed by atoms with van der Waals surface area (Å²) in [5.41, 5.74) is 1.88. The summed E-state index contributed by atoms with van der Waals surface area (Å²) in [6.07, 6.45) is 0. The van der Waals surface area contributed by atoms with Gasteiger partial charge >= 0.3 is 0 Å². The van der Waals surface area contributed by atoms with E-state index in [2.05, 4.69) is 21.2 Å². The van der Waals surface area contributed by atoms with Crippen LogP contribution in [0.3, 0.4) is 0 Å². The summed E-state index contributed by atoms with van der Waals surface area (Å²) < 4.78 is 19.3. The van der Waals surface area contributed by atoms with Crippen LogP contribution in [0, 0.1) is 5.82 Å². The second kappa shape index (κ2) is 6.17. The van der Waals surface area contributed by atoms with Crippen LogP contribution in [0.2, 0.25) is 0 Å². The van der Waals surface area contributed by atoms with E-state index in [4.69, 9.17) is 4.74 Å². The van der Waals surface area contributed by atoms with Gasteiger partial charge in [0.25, 0.3) is 0 Å². The number of rotatable bonds is 4. The fourth-order valence-corrected chi connectivity index (χ4v) is 2.56. The molecule has 0 saturated carbocycles. The minimum absolute atomic E-state index is 0.0971. The standard InChI is InChI=1S/C15H15BrFNO/c1-18-15(10-5-3-6-11(9-10)19-2)12-7-4-8-13(17)14(12)16/h3-9,15,18H,1-2H3. The fourth-order valence-electron chi connectivity index (χ4n) is 2.07. The Hall–Kier alpha value is -1.39. The van der Waals surface area contributed by atoms with Crippen molar-refractivity contribution in [2.75, 3.05) is 14.2 Å². The highest BCUT2D eigenvalue weighted by Gasteiger charge is 2.17. The van der Waals surface area contributed by atoms with Crippen molar-refractivity contribution in [3.63, 3.8) is 0 Å². The highest BCUT2D eigenvalue weighted by molar-refractivity contribution is 9.10. The maximum atomic E-state index is 13.6. The molecule has 2 aromatic carbocycles. The molecule has 2 rings (SSSR count). The lowest BCUT2D eigenvalue weighted by Gasteiger charge is -2.19. The van der Waals surface area contributed by atoms with Gasteiger partial charge in [-0.1, -0.05) is 24.3 Å². The zero-order chi connectivity index (χ0) is 13.8. The number of hydrogen-bond acceptors (Lipinski definition) is 2. The van der Waals surface area contributed by atoms with E-state index in [-0.39, 0.29) is 11.9 Å². The molecule has 1 N–H and O–H groups in total. The Bertz CT molecular complexity index is 574. The van der Waals surface area contributed by atoms with Gasteiger partial charge in [-0.2, -0.15) is 0 Å². The molecule has 0 aliphatic rings. The first-order chi connectivity index (χ1) is 9.17. The van der Waals surface area contributed by atoms with Crippen LogP contribution in [0.4, 0.5) is 4.39 Å². The van der Waals surface area contributed by atoms with Gasteiger partial charge in [-0.05, 0) is 52.3 Å². The van der Waals surface area contributed by atoms with E-state index in [1.54, 1.807) is 13.2 Å². The topological polar surface area (TPSA) is 21.3 Å². The molecule has 0 fully saturated rings. The van der Waals surface area contributed by atoms with Crippen molar-refractivity contribution in [1.29, 1.82) is 0 Å². The van der Waals surface area contributed by atoms with Gasteiger partial charge in [-0.3, -0.25) is 0 Å². The Labute approximate surface area is 120 Å². The number of halogens is 2. The van der Waals surface area contributed by atoms with E-state index < -0.39 is 0 Å². The third-order valence-electron chi connectivity index (χ3n) is 3.01. The van der Waals surface area contributed by atoms with E-state index in [0.29, 0.717) is 4.47 Å². The summed E-state index contributed by atoms with van der Waals surface area (Å²) in [4.78, 5) is 0. The van der Waals surface area contributed by atoms with E-state index in [1.165, 1.54) is 6.07 Å². The van der Waals surface area contributed by atoms with Crippen molar-refractivity contribution in [1.82, 2.24) is 5.32 Å². The summed E-state index contributed by atoms with van der Waals surface area (Å²) in [5, 5.41) is 3.20. The third-order valence-corrected chi connectivity index (χ3v) is 3.84. The minimum atomic E-state index is -0.263. The molecule has 1 unspecified atom stereocenters. The van der Waals surface area contributed by atoms with Crippen molar-refractivity contribution < 1.29 is 9.13 Å². The molecule has 19 heavy (non-hydrogen) atoms. The molecule has 2 aromatic rings. The van der Waals surface area contributed by atoms with Gasteiger partial charge in [-0.15, -0.1) is 0 Å². The maximum Gasteiger partial charge on any atom is 0.137 e. The van der Waals surface area contributed by atoms with E-state index in [9.17, 15) is 4.39 Å². The van der Waals surface area contributed by atoms with Crippen molar-refractivity contribution in [3.8, 4) is 5.75 Å². The Balaban J connectivity index is 2.46. The monoisotopic (exact) mass is 323 g/mol. The van der Waals surface area contributed by atoms with E-state index in [0.717, 1.165) is 16.9 Å². The highest BCUT2D eigenvalue weighted by atomic mass is 79.9. The van der Waals surface area contributed by atoms with Crippen LogP contribution in [0.5, 0.6) is 5.75 Å². The Morgan fingerprint density at radius 3 is 2.63 bits per heavy atom. The summed E-state index contributed by atoms with van der Waals surface area (Å²) in [6.45, 7) is 0. The molecule has 0 bridgehead atoms. The maximum absolute atomic E-state index is 13.6. The summed E-state index contributed by atoms with van der Waals surface area (Å²) in [6, 6.07) is 12.7. The predicted molar refractivity (Wildman–Crippen MR) is 78.0 cm³/mol. The predicted octanol–water partition coefficient (Wildman–Crippen LogP) is 3.91. The van der Waals surface area contributed by atoms with Crippen LogP contribution in [0.15, 0.2) is 46.9 Å². The zero-order valence-electron chi connectivity index (χ0n) is 10.8. The first-order valence-electron chi connectivity index (χ1n) is 5.92. The number of benzene rings is 2. The molecular formula is C15H15BrFNO. The summed E-state index contributed by atoms with van der Waals surface area (Å²) in [5.74, 6) is 0.519. The van der Waals surface area contributed by atoms with E-state index >= 15 is 0 Å². The average Bonchev–Trinajstić information content (AvgIpc) is 2.44. The average molecular weight is 324 g/mol. The van der Waals surface area contributed by atoms with Gasteiger partial charge in [-0.25, -0.2) is 4.39 Å². The molecule has 4 heteroatoms. The molecular weight excluding hydrogens is 309 g/mol. The van der Waals surface area contributed by atoms with Crippen LogP contribution in [-0.4, -0.2) is 14.2 Å². The van der Waals surface area contributed by atoms with Crippen molar-refractivity contribution in [2.45, 2.75) is 6.04 Å². The van der Waals surface area contributed by atoms with Crippen molar-refractivity contribution >= 4 is 15.9 Å². The Kier molecular flexibility index (Phi) is 4.56. The van der Waals surface area contributed by atoms with Gasteiger partial charge in [0.2, 0.25) is 0 Å². The Morgan fingerprint density at radius 1 is 1.21 bits per heavy atom. The quantitative estimate of drug-likeness (QED) is 0.921. The van der Waals surface area contributed by atoms with Crippen LogP contribution in [0.1, 0.15) is 17.2 Å². The summed E-state index contributed by atoms with van der Waals surface area (Å²) >= 11 is 3.31. The lowest BCUT2D eigenvalue weighted by molar-refractivity contribution is 0.413. The van der Waals surface area contributed by atoms with Crippen molar-refractivity contribution in [2.24, 2.45) is 0 Å². The number of hydrogen-bond donors (Lipinski definition) is 1. The van der Waals surface area contributed by atoms with E-state index in [1.807, 2.05) is 37.4 Å². The molecule has 0 heterocycles. The molecule has 2 nitrogen and oxygen atoms in total. The molecule has 1 atom stereocenters. The van der Waals surface area contributed by atoms with Gasteiger partial charge in [0.15, 0.2) is 0 Å². The van der Waals surface area contributed by atoms with Crippen LogP contribution in [-0.2, 0) is 0 Å². The lowest BCUT2D eigenvalue weighted by Crippen LogP contribution is -2.18. The van der Waals surface area contributed by atoms with Crippen LogP contribution >= 0.6 is 15.9 Å². The molecule has 0 radical (unpaired) electrons. The smallest absolute Gasteiger partial charge is 0.137 e. The summed E-state index contributed by atoms with van der Waals surface area (Å²) in [7, 11) is 3.48. The van der Waals surface area contributed by atoms with Gasteiger partial charge in [0.05, 0.1) is 17.6 Å². The molecule has 0 spiro atoms. The lowest BCUT2D eigenvalue weighted by atomic mass is 9.98. The van der Waals surface area contributed by atoms with Gasteiger partial charge < -0.3 is 10.1 Å². The number of ether oxygens (including phenoxy) is 1. The van der Waals surface area contributed by atoms with Crippen molar-refractivity contribution in [3.05, 3.63) is 63.9 Å². The SMILES string of the molecule is CNC(c1cccc(OC)c1)c1cccc(F)c1Br. The van der Waals surface area contributed by atoms with Crippen LogP contribution < -0.4 is 10.1 Å². The first-order valence-corrected chi connectivity index (χ1v) is 6.71. The molecule has 0 aliphatic carbocycles. The highest BCUT2D eigenvalue weighted by Crippen LogP contribution is 2.31. The van der Waals surface area contributed by atoms with Gasteiger partial charge in [0, 0.05) is 0 Å². The molecule has 0 aromatic heterocycles. The molecule has 0 amide bonds. The van der Waals surface area contributed by atoms with Gasteiger partial charge in [0.1, 0.15) is 11.6 Å². The normalized spacial score (nSPS) is 12.2. The minimum Gasteiger partial charge on any atom is -0.497 e. The number of nitrogens with one attached hydrogen (secondary N) is 1. The van der Waals surface area contributed by atoms with Crippen LogP contribution in [0.25, 0.3) is 0 Å². The fraction of sp³-hybridized carbons (Fsp3) is 0.200. The number of methoxy groups -OCH3 is 1.